The topological polar surface area (TPSA) is 35.5 Å². The molecule has 3 nitrogen and oxygen atoms in total. The average Bonchev–Trinajstić information content (AvgIpc) is 2.65. The summed E-state index contributed by atoms with van der Waals surface area (Å²) in [4.78, 5) is 1.75. The van der Waals surface area contributed by atoms with Gasteiger partial charge >= 0.3 is 0 Å². The van der Waals surface area contributed by atoms with Gasteiger partial charge in [-0.25, -0.2) is 8.78 Å². The fourth-order valence-electron chi connectivity index (χ4n) is 3.45. The Morgan fingerprint density at radius 3 is 2.38 bits per heavy atom. The minimum atomic E-state index is -2.33. The van der Waals surface area contributed by atoms with Gasteiger partial charge in [-0.1, -0.05) is 32.6 Å². The molecule has 0 bridgehead atoms. The number of aliphatic hydroxyl groups excluding tert-OH is 1. The van der Waals surface area contributed by atoms with Crippen LogP contribution in [0.1, 0.15) is 51.9 Å². The number of hydrogen-bond acceptors (Lipinski definition) is 3. The standard InChI is InChI=1S/C16H32F2N2O/c1-2-9-19-13-16(7-5-3-4-6-8-16)14-20(10-11-21)12-15(17)18/h15,19,21H,2-14H2,1H3. The number of halogens is 2. The molecule has 0 atom stereocenters. The lowest BCUT2D eigenvalue weighted by molar-refractivity contribution is 0.0451. The summed E-state index contributed by atoms with van der Waals surface area (Å²) in [6.45, 7) is 4.78. The highest BCUT2D eigenvalue weighted by molar-refractivity contribution is 4.87. The Kier molecular flexibility index (Phi) is 9.36. The maximum atomic E-state index is 12.7. The van der Waals surface area contributed by atoms with Crippen LogP contribution in [0.2, 0.25) is 0 Å². The molecule has 0 heterocycles. The van der Waals surface area contributed by atoms with E-state index < -0.39 is 6.43 Å². The van der Waals surface area contributed by atoms with E-state index in [0.717, 1.165) is 32.4 Å². The summed E-state index contributed by atoms with van der Waals surface area (Å²) in [5.74, 6) is 0. The van der Waals surface area contributed by atoms with E-state index in [1.165, 1.54) is 25.7 Å². The number of rotatable bonds is 10. The first-order valence-corrected chi connectivity index (χ1v) is 8.44. The van der Waals surface area contributed by atoms with Gasteiger partial charge in [0.05, 0.1) is 13.2 Å². The molecule has 126 valence electrons. The van der Waals surface area contributed by atoms with Gasteiger partial charge < -0.3 is 10.4 Å². The number of alkyl halides is 2. The molecule has 0 aromatic carbocycles. The Morgan fingerprint density at radius 2 is 1.86 bits per heavy atom. The van der Waals surface area contributed by atoms with Gasteiger partial charge in [0.25, 0.3) is 6.43 Å². The van der Waals surface area contributed by atoms with Crippen molar-refractivity contribution >= 4 is 0 Å². The first-order chi connectivity index (χ1) is 10.1. The Bertz CT molecular complexity index is 257. The third kappa shape index (κ3) is 7.52. The Hall–Kier alpha value is -0.260. The molecule has 1 aliphatic rings. The fourth-order valence-corrected chi connectivity index (χ4v) is 3.45. The molecule has 0 aromatic heterocycles. The largest absolute Gasteiger partial charge is 0.395 e. The Morgan fingerprint density at radius 1 is 1.19 bits per heavy atom. The molecule has 5 heteroatoms. The minimum absolute atomic E-state index is 0.0504. The highest BCUT2D eigenvalue weighted by Crippen LogP contribution is 2.35. The van der Waals surface area contributed by atoms with E-state index in [4.69, 9.17) is 5.11 Å². The zero-order valence-corrected chi connectivity index (χ0v) is 13.4. The van der Waals surface area contributed by atoms with E-state index in [0.29, 0.717) is 13.1 Å². The molecule has 1 fully saturated rings. The molecule has 1 saturated carbocycles. The Labute approximate surface area is 128 Å². The molecule has 2 N–H and O–H groups in total. The van der Waals surface area contributed by atoms with Crippen molar-refractivity contribution in [2.75, 3.05) is 39.3 Å². The second-order valence-electron chi connectivity index (χ2n) is 6.44. The lowest BCUT2D eigenvalue weighted by Gasteiger charge is -2.38. The number of aliphatic hydroxyl groups is 1. The van der Waals surface area contributed by atoms with E-state index in [1.807, 2.05) is 0 Å². The van der Waals surface area contributed by atoms with Crippen LogP contribution in [0.25, 0.3) is 0 Å². The van der Waals surface area contributed by atoms with Gasteiger partial charge in [0, 0.05) is 19.6 Å². The molecule has 0 spiro atoms. The van der Waals surface area contributed by atoms with Crippen LogP contribution in [0, 0.1) is 5.41 Å². The van der Waals surface area contributed by atoms with Crippen LogP contribution >= 0.6 is 0 Å². The molecule has 0 aliphatic heterocycles. The monoisotopic (exact) mass is 306 g/mol. The highest BCUT2D eigenvalue weighted by Gasteiger charge is 2.33. The molecule has 0 amide bonds. The summed E-state index contributed by atoms with van der Waals surface area (Å²) in [6.07, 6.45) is 5.86. The maximum absolute atomic E-state index is 12.7. The van der Waals surface area contributed by atoms with Gasteiger partial charge in [-0.05, 0) is 31.2 Å². The van der Waals surface area contributed by atoms with Crippen LogP contribution in [0.15, 0.2) is 0 Å². The van der Waals surface area contributed by atoms with Crippen molar-refractivity contribution < 1.29 is 13.9 Å². The third-order valence-electron chi connectivity index (χ3n) is 4.46. The van der Waals surface area contributed by atoms with Crippen LogP contribution in [-0.2, 0) is 0 Å². The van der Waals surface area contributed by atoms with Crippen molar-refractivity contribution in [1.29, 1.82) is 0 Å². The second-order valence-corrected chi connectivity index (χ2v) is 6.44. The Balaban J connectivity index is 2.67. The molecule has 0 radical (unpaired) electrons. The van der Waals surface area contributed by atoms with E-state index in [1.54, 1.807) is 4.90 Å². The van der Waals surface area contributed by atoms with E-state index in [2.05, 4.69) is 12.2 Å². The first kappa shape index (κ1) is 18.8. The quantitative estimate of drug-likeness (QED) is 0.481. The number of nitrogens with zero attached hydrogens (tertiary/aromatic N) is 1. The molecule has 1 aliphatic carbocycles. The van der Waals surface area contributed by atoms with Gasteiger partial charge in [-0.3, -0.25) is 4.90 Å². The number of nitrogens with one attached hydrogen (secondary N) is 1. The van der Waals surface area contributed by atoms with Crippen molar-refractivity contribution in [3.63, 3.8) is 0 Å². The summed E-state index contributed by atoms with van der Waals surface area (Å²) < 4.78 is 25.5. The molecule has 1 rings (SSSR count). The molecule has 0 unspecified atom stereocenters. The first-order valence-electron chi connectivity index (χ1n) is 8.44. The summed E-state index contributed by atoms with van der Waals surface area (Å²) in [6, 6.07) is 0. The smallest absolute Gasteiger partial charge is 0.251 e. The van der Waals surface area contributed by atoms with Crippen molar-refractivity contribution in [3.8, 4) is 0 Å². The summed E-state index contributed by atoms with van der Waals surface area (Å²) in [7, 11) is 0. The van der Waals surface area contributed by atoms with Crippen molar-refractivity contribution in [2.45, 2.75) is 58.3 Å². The van der Waals surface area contributed by atoms with Gasteiger partial charge in [-0.2, -0.15) is 0 Å². The van der Waals surface area contributed by atoms with Crippen molar-refractivity contribution in [1.82, 2.24) is 10.2 Å². The maximum Gasteiger partial charge on any atom is 0.251 e. The van der Waals surface area contributed by atoms with Gasteiger partial charge in [-0.15, -0.1) is 0 Å². The SMILES string of the molecule is CCCNCC1(CN(CCO)CC(F)F)CCCCCC1. The average molecular weight is 306 g/mol. The van der Waals surface area contributed by atoms with Crippen LogP contribution in [0.3, 0.4) is 0 Å². The molecule has 0 saturated heterocycles. The van der Waals surface area contributed by atoms with E-state index in [-0.39, 0.29) is 18.6 Å². The van der Waals surface area contributed by atoms with Gasteiger partial charge in [0.2, 0.25) is 0 Å². The summed E-state index contributed by atoms with van der Waals surface area (Å²) in [5, 5.41) is 12.6. The third-order valence-corrected chi connectivity index (χ3v) is 4.46. The summed E-state index contributed by atoms with van der Waals surface area (Å²) in [5.41, 5.74) is 0.0930. The zero-order chi connectivity index (χ0) is 15.6. The molecule has 0 aromatic rings. The summed E-state index contributed by atoms with van der Waals surface area (Å²) >= 11 is 0. The van der Waals surface area contributed by atoms with Crippen LogP contribution in [0.4, 0.5) is 8.78 Å². The molecule has 21 heavy (non-hydrogen) atoms. The molecular weight excluding hydrogens is 274 g/mol. The normalized spacial score (nSPS) is 19.1. The highest BCUT2D eigenvalue weighted by atomic mass is 19.3. The number of hydrogen-bond donors (Lipinski definition) is 2. The molecular formula is C16H32F2N2O. The van der Waals surface area contributed by atoms with E-state index in [9.17, 15) is 8.78 Å². The van der Waals surface area contributed by atoms with Gasteiger partial charge in [0.1, 0.15) is 0 Å². The fraction of sp³-hybridized carbons (Fsp3) is 1.00. The zero-order valence-electron chi connectivity index (χ0n) is 13.4. The van der Waals surface area contributed by atoms with Crippen molar-refractivity contribution in [3.05, 3.63) is 0 Å². The second kappa shape index (κ2) is 10.5. The van der Waals surface area contributed by atoms with Crippen LogP contribution in [0.5, 0.6) is 0 Å². The van der Waals surface area contributed by atoms with Crippen LogP contribution in [-0.4, -0.2) is 55.8 Å². The van der Waals surface area contributed by atoms with Crippen LogP contribution < -0.4 is 5.32 Å². The van der Waals surface area contributed by atoms with E-state index >= 15 is 0 Å². The van der Waals surface area contributed by atoms with Crippen molar-refractivity contribution in [2.24, 2.45) is 5.41 Å². The van der Waals surface area contributed by atoms with Gasteiger partial charge in [0.15, 0.2) is 0 Å². The lowest BCUT2D eigenvalue weighted by Crippen LogP contribution is -2.46. The predicted octanol–water partition coefficient (Wildman–Crippen LogP) is 2.89. The minimum Gasteiger partial charge on any atom is -0.395 e. The lowest BCUT2D eigenvalue weighted by atomic mass is 9.79. The predicted molar refractivity (Wildman–Crippen MR) is 82.8 cm³/mol.